The van der Waals surface area contributed by atoms with Crippen LogP contribution < -0.4 is 14.4 Å². The van der Waals surface area contributed by atoms with Gasteiger partial charge in [-0.1, -0.05) is 78.7 Å². The summed E-state index contributed by atoms with van der Waals surface area (Å²) in [6, 6.07) is 20.5. The lowest BCUT2D eigenvalue weighted by Gasteiger charge is -2.32. The molecule has 0 spiro atoms. The number of ether oxygens (including phenoxy) is 1. The Morgan fingerprint density at radius 2 is 1.69 bits per heavy atom. The third kappa shape index (κ3) is 9.37. The zero-order valence-electron chi connectivity index (χ0n) is 24.1. The van der Waals surface area contributed by atoms with E-state index >= 15 is 0 Å². The number of anilines is 1. The average molecular weight is 635 g/mol. The third-order valence-electron chi connectivity index (χ3n) is 6.68. The van der Waals surface area contributed by atoms with Gasteiger partial charge in [-0.05, 0) is 48.2 Å². The standard InChI is InChI=1S/C31H37Cl2N3O5S/c1-4-18-34-31(38)28(20-23-11-6-5-7-12-23)35(22-24-16-17-25(32)21-26(24)33)30(37)15-10-19-36(42(3,39)40)27-13-8-9-14-29(27)41-2/h5-9,11-14,16-17,21,28H,4,10,15,18-20,22H2,1-3H3,(H,34,38)/t28-/m0/s1. The summed E-state index contributed by atoms with van der Waals surface area (Å²) in [5.74, 6) is -0.170. The van der Waals surface area contributed by atoms with E-state index < -0.39 is 16.1 Å². The van der Waals surface area contributed by atoms with Gasteiger partial charge in [-0.15, -0.1) is 0 Å². The van der Waals surface area contributed by atoms with E-state index in [9.17, 15) is 18.0 Å². The second-order valence-electron chi connectivity index (χ2n) is 9.86. The van der Waals surface area contributed by atoms with Crippen LogP contribution in [0.3, 0.4) is 0 Å². The molecule has 42 heavy (non-hydrogen) atoms. The Hall–Kier alpha value is -3.27. The van der Waals surface area contributed by atoms with E-state index in [2.05, 4.69) is 5.32 Å². The first kappa shape index (κ1) is 33.2. The summed E-state index contributed by atoms with van der Waals surface area (Å²) in [7, 11) is -2.20. The molecular weight excluding hydrogens is 597 g/mol. The second-order valence-corrected chi connectivity index (χ2v) is 12.6. The topological polar surface area (TPSA) is 96.0 Å². The van der Waals surface area contributed by atoms with Crippen molar-refractivity contribution in [2.45, 2.75) is 45.2 Å². The van der Waals surface area contributed by atoms with E-state index in [1.807, 2.05) is 37.3 Å². The predicted octanol–water partition coefficient (Wildman–Crippen LogP) is 5.71. The molecule has 0 aliphatic heterocycles. The molecule has 0 aliphatic rings. The van der Waals surface area contributed by atoms with Gasteiger partial charge in [-0.25, -0.2) is 8.42 Å². The molecule has 3 aromatic rings. The van der Waals surface area contributed by atoms with Gasteiger partial charge in [0.2, 0.25) is 21.8 Å². The number of sulfonamides is 1. The van der Waals surface area contributed by atoms with Crippen LogP contribution in [0.4, 0.5) is 5.69 Å². The van der Waals surface area contributed by atoms with Gasteiger partial charge in [0.25, 0.3) is 0 Å². The summed E-state index contributed by atoms with van der Waals surface area (Å²) in [4.78, 5) is 28.9. The van der Waals surface area contributed by atoms with E-state index in [0.717, 1.165) is 18.2 Å². The molecule has 11 heteroatoms. The zero-order valence-corrected chi connectivity index (χ0v) is 26.4. The smallest absolute Gasteiger partial charge is 0.243 e. The van der Waals surface area contributed by atoms with Crippen LogP contribution in [0.2, 0.25) is 10.0 Å². The van der Waals surface area contributed by atoms with Gasteiger partial charge in [0, 0.05) is 42.5 Å². The van der Waals surface area contributed by atoms with Gasteiger partial charge in [-0.3, -0.25) is 13.9 Å². The lowest BCUT2D eigenvalue weighted by Crippen LogP contribution is -2.50. The molecule has 0 aliphatic carbocycles. The molecule has 0 saturated heterocycles. The van der Waals surface area contributed by atoms with Crippen molar-refractivity contribution >= 4 is 50.7 Å². The minimum Gasteiger partial charge on any atom is -0.495 e. The highest BCUT2D eigenvalue weighted by Crippen LogP contribution is 2.30. The molecule has 2 amide bonds. The molecule has 3 rings (SSSR count). The van der Waals surface area contributed by atoms with Gasteiger partial charge in [0.15, 0.2) is 0 Å². The van der Waals surface area contributed by atoms with Gasteiger partial charge in [-0.2, -0.15) is 0 Å². The highest BCUT2D eigenvalue weighted by molar-refractivity contribution is 7.92. The molecule has 0 unspecified atom stereocenters. The Morgan fingerprint density at radius 3 is 2.33 bits per heavy atom. The third-order valence-corrected chi connectivity index (χ3v) is 8.45. The molecular formula is C31H37Cl2N3O5S. The largest absolute Gasteiger partial charge is 0.495 e. The summed E-state index contributed by atoms with van der Waals surface area (Å²) in [6.45, 7) is 2.55. The molecule has 0 radical (unpaired) electrons. The van der Waals surface area contributed by atoms with Crippen molar-refractivity contribution in [1.29, 1.82) is 0 Å². The van der Waals surface area contributed by atoms with Crippen LogP contribution >= 0.6 is 23.2 Å². The number of hydrogen-bond acceptors (Lipinski definition) is 5. The minimum absolute atomic E-state index is 0.00126. The summed E-state index contributed by atoms with van der Waals surface area (Å²) in [5, 5.41) is 3.78. The number of nitrogens with zero attached hydrogens (tertiary/aromatic N) is 2. The number of nitrogens with one attached hydrogen (secondary N) is 1. The number of para-hydroxylation sites is 2. The highest BCUT2D eigenvalue weighted by Gasteiger charge is 2.31. The first-order valence-electron chi connectivity index (χ1n) is 13.7. The number of amides is 2. The van der Waals surface area contributed by atoms with Gasteiger partial charge >= 0.3 is 0 Å². The Balaban J connectivity index is 1.91. The van der Waals surface area contributed by atoms with E-state index in [1.54, 1.807) is 42.5 Å². The highest BCUT2D eigenvalue weighted by atomic mass is 35.5. The van der Waals surface area contributed by atoms with Crippen LogP contribution in [0.15, 0.2) is 72.8 Å². The molecule has 0 fully saturated rings. The van der Waals surface area contributed by atoms with Crippen LogP contribution in [-0.2, 0) is 32.6 Å². The average Bonchev–Trinajstić information content (AvgIpc) is 2.96. The first-order valence-corrected chi connectivity index (χ1v) is 16.3. The van der Waals surface area contributed by atoms with Crippen molar-refractivity contribution in [3.05, 3.63) is 94.0 Å². The van der Waals surface area contributed by atoms with Crippen LogP contribution in [0.1, 0.15) is 37.3 Å². The molecule has 3 aromatic carbocycles. The Labute approximate surface area is 258 Å². The van der Waals surface area contributed by atoms with E-state index in [0.29, 0.717) is 40.0 Å². The predicted molar refractivity (Wildman–Crippen MR) is 169 cm³/mol. The quantitative estimate of drug-likeness (QED) is 0.231. The monoisotopic (exact) mass is 633 g/mol. The Bertz CT molecular complexity index is 1450. The van der Waals surface area contributed by atoms with Crippen molar-refractivity contribution in [2.75, 3.05) is 30.8 Å². The Kier molecular flexibility index (Phi) is 12.5. The second kappa shape index (κ2) is 15.8. The molecule has 0 heterocycles. The van der Waals surface area contributed by atoms with Crippen molar-refractivity contribution in [1.82, 2.24) is 10.2 Å². The fraction of sp³-hybridized carbons (Fsp3) is 0.355. The van der Waals surface area contributed by atoms with Crippen LogP contribution in [0.25, 0.3) is 0 Å². The van der Waals surface area contributed by atoms with Crippen LogP contribution in [0, 0.1) is 0 Å². The number of halogens is 2. The fourth-order valence-electron chi connectivity index (χ4n) is 4.57. The number of hydrogen-bond donors (Lipinski definition) is 1. The number of benzene rings is 3. The summed E-state index contributed by atoms with van der Waals surface area (Å²) in [6.07, 6.45) is 2.36. The fourth-order valence-corrected chi connectivity index (χ4v) is 6.01. The summed E-state index contributed by atoms with van der Waals surface area (Å²) in [5.41, 5.74) is 1.93. The maximum absolute atomic E-state index is 13.9. The Morgan fingerprint density at radius 1 is 1.00 bits per heavy atom. The molecule has 226 valence electrons. The first-order chi connectivity index (χ1) is 20.0. The number of rotatable bonds is 15. The molecule has 1 N–H and O–H groups in total. The van der Waals surface area contributed by atoms with Crippen molar-refractivity contribution in [2.24, 2.45) is 0 Å². The lowest BCUT2D eigenvalue weighted by molar-refractivity contribution is -0.141. The molecule has 8 nitrogen and oxygen atoms in total. The van der Waals surface area contributed by atoms with Gasteiger partial charge < -0.3 is 15.0 Å². The number of carbonyl (C=O) groups excluding carboxylic acids is 2. The van der Waals surface area contributed by atoms with E-state index in [-0.39, 0.29) is 37.7 Å². The van der Waals surface area contributed by atoms with Gasteiger partial charge in [0.05, 0.1) is 19.1 Å². The number of carbonyl (C=O) groups is 2. The van der Waals surface area contributed by atoms with Gasteiger partial charge in [0.1, 0.15) is 11.8 Å². The van der Waals surface area contributed by atoms with Crippen LogP contribution in [0.5, 0.6) is 5.75 Å². The summed E-state index contributed by atoms with van der Waals surface area (Å²) < 4.78 is 32.0. The molecule has 0 aromatic heterocycles. The van der Waals surface area contributed by atoms with E-state index in [4.69, 9.17) is 27.9 Å². The van der Waals surface area contributed by atoms with Crippen molar-refractivity contribution in [3.63, 3.8) is 0 Å². The van der Waals surface area contributed by atoms with E-state index in [1.165, 1.54) is 16.3 Å². The minimum atomic E-state index is -3.67. The van der Waals surface area contributed by atoms with Crippen molar-refractivity contribution in [3.8, 4) is 5.75 Å². The summed E-state index contributed by atoms with van der Waals surface area (Å²) >= 11 is 12.6. The SMILES string of the molecule is CCCNC(=O)[C@H](Cc1ccccc1)N(Cc1ccc(Cl)cc1Cl)C(=O)CCCN(c1ccccc1OC)S(C)(=O)=O. The maximum Gasteiger partial charge on any atom is 0.243 e. The molecule has 0 saturated carbocycles. The van der Waals surface area contributed by atoms with Crippen LogP contribution in [-0.4, -0.2) is 57.6 Å². The van der Waals surface area contributed by atoms with Crippen molar-refractivity contribution < 1.29 is 22.7 Å². The normalized spacial score (nSPS) is 11.9. The maximum atomic E-state index is 13.9. The molecule has 1 atom stereocenters. The lowest BCUT2D eigenvalue weighted by atomic mass is 10.0. The molecule has 0 bridgehead atoms. The zero-order chi connectivity index (χ0) is 30.7. The number of methoxy groups -OCH3 is 1.